The second kappa shape index (κ2) is 3.50. The number of nitrogens with one attached hydrogen (secondary N) is 1. The average molecular weight is 203 g/mol. The van der Waals surface area contributed by atoms with Crippen LogP contribution in [0, 0.1) is 0 Å². The second-order valence-electron chi connectivity index (χ2n) is 3.66. The molecule has 1 heterocycles. The van der Waals surface area contributed by atoms with Crippen LogP contribution in [0.15, 0.2) is 12.1 Å². The molecule has 0 bridgehead atoms. The van der Waals surface area contributed by atoms with Crippen LogP contribution in [0.1, 0.15) is 35.3 Å². The predicted octanol–water partition coefficient (Wildman–Crippen LogP) is 1.95. The summed E-state index contributed by atoms with van der Waals surface area (Å²) < 4.78 is 0. The SMILES string of the molecule is CCc1cc2c(cc1CC)C(=O)C(=O)N2. The highest BCUT2D eigenvalue weighted by Gasteiger charge is 2.28. The number of rotatable bonds is 2. The predicted molar refractivity (Wildman–Crippen MR) is 58.2 cm³/mol. The smallest absolute Gasteiger partial charge is 0.296 e. The van der Waals surface area contributed by atoms with Gasteiger partial charge in [0.1, 0.15) is 0 Å². The van der Waals surface area contributed by atoms with Gasteiger partial charge in [-0.2, -0.15) is 0 Å². The summed E-state index contributed by atoms with van der Waals surface area (Å²) in [7, 11) is 0. The van der Waals surface area contributed by atoms with E-state index < -0.39 is 11.7 Å². The molecule has 15 heavy (non-hydrogen) atoms. The summed E-state index contributed by atoms with van der Waals surface area (Å²) >= 11 is 0. The molecule has 0 spiro atoms. The number of Topliss-reactive ketones (excluding diaryl/α,β-unsaturated/α-hetero) is 1. The zero-order valence-corrected chi connectivity index (χ0v) is 8.89. The monoisotopic (exact) mass is 203 g/mol. The molecule has 1 aromatic rings. The fourth-order valence-corrected chi connectivity index (χ4v) is 1.94. The quantitative estimate of drug-likeness (QED) is 0.747. The van der Waals surface area contributed by atoms with Crippen molar-refractivity contribution in [3.63, 3.8) is 0 Å². The molecule has 78 valence electrons. The highest BCUT2D eigenvalue weighted by Crippen LogP contribution is 2.27. The van der Waals surface area contributed by atoms with Gasteiger partial charge in [0.2, 0.25) is 0 Å². The van der Waals surface area contributed by atoms with Gasteiger partial charge in [0.05, 0.1) is 11.3 Å². The summed E-state index contributed by atoms with van der Waals surface area (Å²) in [6, 6.07) is 3.76. The summed E-state index contributed by atoms with van der Waals surface area (Å²) in [5.74, 6) is -0.928. The first-order chi connectivity index (χ1) is 7.17. The molecule has 1 aliphatic heterocycles. The number of ketones is 1. The number of benzene rings is 1. The molecule has 0 aromatic heterocycles. The first-order valence-electron chi connectivity index (χ1n) is 5.18. The molecule has 3 heteroatoms. The maximum atomic E-state index is 11.5. The van der Waals surface area contributed by atoms with E-state index in [1.165, 1.54) is 5.56 Å². The minimum Gasteiger partial charge on any atom is -0.318 e. The molecule has 0 fully saturated rings. The molecule has 0 unspecified atom stereocenters. The lowest BCUT2D eigenvalue weighted by Gasteiger charge is -2.07. The van der Waals surface area contributed by atoms with Crippen molar-refractivity contribution >= 4 is 17.4 Å². The van der Waals surface area contributed by atoms with Gasteiger partial charge in [-0.3, -0.25) is 9.59 Å². The molecule has 0 radical (unpaired) electrons. The summed E-state index contributed by atoms with van der Waals surface area (Å²) in [5, 5.41) is 2.58. The third-order valence-electron chi connectivity index (χ3n) is 2.80. The summed E-state index contributed by atoms with van der Waals surface area (Å²) in [6.45, 7) is 4.12. The van der Waals surface area contributed by atoms with E-state index in [4.69, 9.17) is 0 Å². The molecule has 1 aromatic carbocycles. The van der Waals surface area contributed by atoms with E-state index in [2.05, 4.69) is 19.2 Å². The Labute approximate surface area is 88.5 Å². The van der Waals surface area contributed by atoms with E-state index in [1.54, 1.807) is 0 Å². The van der Waals surface area contributed by atoms with Crippen LogP contribution in [0.25, 0.3) is 0 Å². The second-order valence-corrected chi connectivity index (χ2v) is 3.66. The van der Waals surface area contributed by atoms with Crippen molar-refractivity contribution in [2.45, 2.75) is 26.7 Å². The molecular weight excluding hydrogens is 190 g/mol. The topological polar surface area (TPSA) is 46.2 Å². The Kier molecular flexibility index (Phi) is 2.31. The zero-order chi connectivity index (χ0) is 11.0. The van der Waals surface area contributed by atoms with Gasteiger partial charge in [0.15, 0.2) is 0 Å². The Hall–Kier alpha value is -1.64. The van der Waals surface area contributed by atoms with Gasteiger partial charge in [-0.25, -0.2) is 0 Å². The molecule has 2 rings (SSSR count). The van der Waals surface area contributed by atoms with Crippen molar-refractivity contribution in [1.29, 1.82) is 0 Å². The van der Waals surface area contributed by atoms with Gasteiger partial charge in [-0.05, 0) is 36.1 Å². The van der Waals surface area contributed by atoms with E-state index in [1.807, 2.05) is 12.1 Å². The van der Waals surface area contributed by atoms with Crippen molar-refractivity contribution in [1.82, 2.24) is 0 Å². The average Bonchev–Trinajstić information content (AvgIpc) is 2.53. The number of fused-ring (bicyclic) bond motifs is 1. The van der Waals surface area contributed by atoms with E-state index >= 15 is 0 Å². The Morgan fingerprint density at radius 3 is 2.27 bits per heavy atom. The third kappa shape index (κ3) is 1.44. The molecule has 1 amide bonds. The Bertz CT molecular complexity index is 449. The highest BCUT2D eigenvalue weighted by atomic mass is 16.2. The van der Waals surface area contributed by atoms with Crippen LogP contribution in [0.4, 0.5) is 5.69 Å². The van der Waals surface area contributed by atoms with Gasteiger partial charge in [-0.15, -0.1) is 0 Å². The molecule has 0 saturated carbocycles. The number of aryl methyl sites for hydroxylation is 2. The first kappa shape index (κ1) is 9.90. The van der Waals surface area contributed by atoms with Gasteiger partial charge < -0.3 is 5.32 Å². The Morgan fingerprint density at radius 2 is 1.67 bits per heavy atom. The number of hydrogen-bond donors (Lipinski definition) is 1. The van der Waals surface area contributed by atoms with E-state index in [0.29, 0.717) is 11.3 Å². The molecule has 0 atom stereocenters. The summed E-state index contributed by atoms with van der Waals surface area (Å²) in [6.07, 6.45) is 1.80. The van der Waals surface area contributed by atoms with Gasteiger partial charge in [-0.1, -0.05) is 13.8 Å². The fourth-order valence-electron chi connectivity index (χ4n) is 1.94. The lowest BCUT2D eigenvalue weighted by atomic mass is 9.98. The lowest BCUT2D eigenvalue weighted by molar-refractivity contribution is -0.112. The maximum Gasteiger partial charge on any atom is 0.296 e. The van der Waals surface area contributed by atoms with Crippen molar-refractivity contribution in [2.75, 3.05) is 5.32 Å². The number of carbonyl (C=O) groups is 2. The van der Waals surface area contributed by atoms with Crippen LogP contribution in [-0.4, -0.2) is 11.7 Å². The van der Waals surface area contributed by atoms with Crippen LogP contribution in [-0.2, 0) is 17.6 Å². The van der Waals surface area contributed by atoms with Crippen LogP contribution >= 0.6 is 0 Å². The third-order valence-corrected chi connectivity index (χ3v) is 2.80. The summed E-state index contributed by atoms with van der Waals surface area (Å²) in [5.41, 5.74) is 3.54. The number of hydrogen-bond acceptors (Lipinski definition) is 2. The van der Waals surface area contributed by atoms with Crippen molar-refractivity contribution in [2.24, 2.45) is 0 Å². The molecule has 1 N–H and O–H groups in total. The fraction of sp³-hybridized carbons (Fsp3) is 0.333. The molecular formula is C12H13NO2. The lowest BCUT2D eigenvalue weighted by Crippen LogP contribution is -2.12. The minimum absolute atomic E-state index is 0.414. The van der Waals surface area contributed by atoms with Crippen LogP contribution in [0.5, 0.6) is 0 Å². The van der Waals surface area contributed by atoms with E-state index in [0.717, 1.165) is 18.4 Å². The number of carbonyl (C=O) groups excluding carboxylic acids is 2. The molecule has 3 nitrogen and oxygen atoms in total. The van der Waals surface area contributed by atoms with Crippen LogP contribution in [0.2, 0.25) is 0 Å². The molecule has 0 aliphatic carbocycles. The van der Waals surface area contributed by atoms with Crippen molar-refractivity contribution in [3.05, 3.63) is 28.8 Å². The van der Waals surface area contributed by atoms with E-state index in [9.17, 15) is 9.59 Å². The number of amides is 1. The molecule has 0 saturated heterocycles. The first-order valence-corrected chi connectivity index (χ1v) is 5.18. The van der Waals surface area contributed by atoms with E-state index in [-0.39, 0.29) is 0 Å². The van der Waals surface area contributed by atoms with Gasteiger partial charge in [0, 0.05) is 0 Å². The molecule has 1 aliphatic rings. The van der Waals surface area contributed by atoms with Gasteiger partial charge >= 0.3 is 0 Å². The van der Waals surface area contributed by atoms with Crippen molar-refractivity contribution in [3.8, 4) is 0 Å². The maximum absolute atomic E-state index is 11.5. The number of anilines is 1. The minimum atomic E-state index is -0.514. The largest absolute Gasteiger partial charge is 0.318 e. The van der Waals surface area contributed by atoms with Crippen molar-refractivity contribution < 1.29 is 9.59 Å². The van der Waals surface area contributed by atoms with Crippen LogP contribution < -0.4 is 5.32 Å². The normalized spacial score (nSPS) is 14.0. The standard InChI is InChI=1S/C12H13NO2/c1-3-7-5-9-10(6-8(7)4-2)13-12(15)11(9)14/h5-6H,3-4H2,1-2H3,(H,13,14,15). The zero-order valence-electron chi connectivity index (χ0n) is 8.89. The highest BCUT2D eigenvalue weighted by molar-refractivity contribution is 6.51. The van der Waals surface area contributed by atoms with Crippen LogP contribution in [0.3, 0.4) is 0 Å². The Morgan fingerprint density at radius 1 is 1.07 bits per heavy atom. The Balaban J connectivity index is 2.58. The van der Waals surface area contributed by atoms with Gasteiger partial charge in [0.25, 0.3) is 11.7 Å². The summed E-state index contributed by atoms with van der Waals surface area (Å²) in [4.78, 5) is 22.6.